The third-order valence-corrected chi connectivity index (χ3v) is 4.56. The van der Waals surface area contributed by atoms with Crippen LogP contribution in [0.15, 0.2) is 48.8 Å². The quantitative estimate of drug-likeness (QED) is 0.713. The molecule has 1 aromatic heterocycles. The number of nitrogens with one attached hydrogen (secondary N) is 1. The van der Waals surface area contributed by atoms with Crippen molar-refractivity contribution < 1.29 is 5.11 Å². The molecule has 0 aliphatic heterocycles. The number of hydrogen-bond acceptors (Lipinski definition) is 3. The summed E-state index contributed by atoms with van der Waals surface area (Å²) in [6.45, 7) is 5.34. The van der Waals surface area contributed by atoms with Gasteiger partial charge >= 0.3 is 0 Å². The number of nitrogens with zero attached hydrogens (tertiary/aromatic N) is 1. The maximum absolute atomic E-state index is 9.75. The van der Waals surface area contributed by atoms with Gasteiger partial charge in [-0.1, -0.05) is 43.6 Å². The van der Waals surface area contributed by atoms with Gasteiger partial charge in [0, 0.05) is 36.6 Å². The molecule has 2 N–H and O–H groups in total. The Hall–Kier alpha value is -1.42. The van der Waals surface area contributed by atoms with Crippen LogP contribution < -0.4 is 5.32 Å². The summed E-state index contributed by atoms with van der Waals surface area (Å²) in [5, 5.41) is 14.1. The highest BCUT2D eigenvalue weighted by Gasteiger charge is 2.16. The van der Waals surface area contributed by atoms with Crippen LogP contribution in [0, 0.1) is 11.8 Å². The van der Waals surface area contributed by atoms with Gasteiger partial charge in [0.25, 0.3) is 0 Å². The highest BCUT2D eigenvalue weighted by atomic mass is 35.5. The Kier molecular flexibility index (Phi) is 7.70. The van der Waals surface area contributed by atoms with E-state index < -0.39 is 0 Å². The lowest BCUT2D eigenvalue weighted by atomic mass is 9.95. The van der Waals surface area contributed by atoms with E-state index in [9.17, 15) is 5.11 Å². The summed E-state index contributed by atoms with van der Waals surface area (Å²) in [5.74, 6) is 0.730. The number of rotatable bonds is 9. The monoisotopic (exact) mass is 346 g/mol. The third kappa shape index (κ3) is 5.90. The standard InChI is InChI=1S/C20H27ClN2O/c1-15(2)11-20(17-7-9-22-10-8-17)23-13-16(14-24)12-18-5-3-4-6-19(18)21/h3-10,15-16,20,23-24H,11-14H2,1-2H3. The van der Waals surface area contributed by atoms with Crippen LogP contribution in [0.1, 0.15) is 37.4 Å². The van der Waals surface area contributed by atoms with Crippen LogP contribution in [0.3, 0.4) is 0 Å². The fraction of sp³-hybridized carbons (Fsp3) is 0.450. The molecule has 4 heteroatoms. The molecule has 3 nitrogen and oxygen atoms in total. The van der Waals surface area contributed by atoms with Crippen LogP contribution in [-0.4, -0.2) is 23.2 Å². The second kappa shape index (κ2) is 9.77. The molecule has 2 aromatic rings. The first-order chi connectivity index (χ1) is 11.6. The van der Waals surface area contributed by atoms with Crippen LogP contribution in [0.2, 0.25) is 5.02 Å². The molecule has 2 rings (SSSR count). The smallest absolute Gasteiger partial charge is 0.0474 e. The molecule has 0 saturated heterocycles. The molecule has 0 bridgehead atoms. The van der Waals surface area contributed by atoms with Gasteiger partial charge in [-0.2, -0.15) is 0 Å². The second-order valence-electron chi connectivity index (χ2n) is 6.72. The number of aliphatic hydroxyl groups is 1. The Balaban J connectivity index is 1.99. The fourth-order valence-corrected chi connectivity index (χ4v) is 3.10. The Bertz CT molecular complexity index is 604. The van der Waals surface area contributed by atoms with E-state index in [1.54, 1.807) is 0 Å². The molecule has 0 saturated carbocycles. The minimum atomic E-state index is 0.140. The summed E-state index contributed by atoms with van der Waals surface area (Å²) >= 11 is 6.24. The van der Waals surface area contributed by atoms with E-state index in [1.165, 1.54) is 5.56 Å². The number of aromatic nitrogens is 1. The van der Waals surface area contributed by atoms with Gasteiger partial charge in [-0.05, 0) is 54.0 Å². The van der Waals surface area contributed by atoms with Crippen molar-refractivity contribution in [2.24, 2.45) is 11.8 Å². The molecule has 130 valence electrons. The summed E-state index contributed by atoms with van der Waals surface area (Å²) in [4.78, 5) is 4.10. The molecular weight excluding hydrogens is 320 g/mol. The summed E-state index contributed by atoms with van der Waals surface area (Å²) in [6, 6.07) is 12.2. The summed E-state index contributed by atoms with van der Waals surface area (Å²) in [7, 11) is 0. The van der Waals surface area contributed by atoms with Gasteiger partial charge in [-0.15, -0.1) is 0 Å². The van der Waals surface area contributed by atoms with Gasteiger partial charge in [0.1, 0.15) is 0 Å². The van der Waals surface area contributed by atoms with Crippen LogP contribution >= 0.6 is 11.6 Å². The second-order valence-corrected chi connectivity index (χ2v) is 7.12. The zero-order chi connectivity index (χ0) is 17.4. The van der Waals surface area contributed by atoms with Crippen molar-refractivity contribution in [2.45, 2.75) is 32.7 Å². The first-order valence-electron chi connectivity index (χ1n) is 8.57. The van der Waals surface area contributed by atoms with Crippen molar-refractivity contribution in [1.82, 2.24) is 10.3 Å². The number of benzene rings is 1. The molecular formula is C20H27ClN2O. The maximum atomic E-state index is 9.75. The van der Waals surface area contributed by atoms with Crippen molar-refractivity contribution in [3.05, 3.63) is 64.9 Å². The lowest BCUT2D eigenvalue weighted by Gasteiger charge is -2.24. The lowest BCUT2D eigenvalue weighted by Crippen LogP contribution is -2.31. The van der Waals surface area contributed by atoms with Gasteiger partial charge in [0.2, 0.25) is 0 Å². The largest absolute Gasteiger partial charge is 0.396 e. The lowest BCUT2D eigenvalue weighted by molar-refractivity contribution is 0.216. The van der Waals surface area contributed by atoms with Gasteiger partial charge in [0.05, 0.1) is 0 Å². The van der Waals surface area contributed by atoms with E-state index in [0.717, 1.165) is 30.0 Å². The third-order valence-electron chi connectivity index (χ3n) is 4.19. The SMILES string of the molecule is CC(C)CC(NCC(CO)Cc1ccccc1Cl)c1ccncc1. The average Bonchev–Trinajstić information content (AvgIpc) is 2.59. The van der Waals surface area contributed by atoms with Crippen molar-refractivity contribution >= 4 is 11.6 Å². The summed E-state index contributed by atoms with van der Waals surface area (Å²) < 4.78 is 0. The molecule has 2 atom stereocenters. The van der Waals surface area contributed by atoms with E-state index in [-0.39, 0.29) is 18.6 Å². The molecule has 0 aliphatic rings. The Morgan fingerprint density at radius 1 is 1.12 bits per heavy atom. The van der Waals surface area contributed by atoms with Gasteiger partial charge in [-0.3, -0.25) is 4.98 Å². The van der Waals surface area contributed by atoms with Crippen LogP contribution in [0.5, 0.6) is 0 Å². The predicted octanol–water partition coefficient (Wildman–Crippen LogP) is 4.26. The number of pyridine rings is 1. The molecule has 1 aromatic carbocycles. The number of halogens is 1. The Morgan fingerprint density at radius 3 is 2.46 bits per heavy atom. The Morgan fingerprint density at radius 2 is 1.83 bits per heavy atom. The molecule has 24 heavy (non-hydrogen) atoms. The van der Waals surface area contributed by atoms with E-state index >= 15 is 0 Å². The first-order valence-corrected chi connectivity index (χ1v) is 8.95. The number of hydrogen-bond donors (Lipinski definition) is 2. The zero-order valence-electron chi connectivity index (χ0n) is 14.5. The Labute approximate surface area is 150 Å². The molecule has 2 unspecified atom stereocenters. The highest BCUT2D eigenvalue weighted by Crippen LogP contribution is 2.22. The van der Waals surface area contributed by atoms with Crippen LogP contribution in [-0.2, 0) is 6.42 Å². The van der Waals surface area contributed by atoms with E-state index in [4.69, 9.17) is 11.6 Å². The summed E-state index contributed by atoms with van der Waals surface area (Å²) in [6.07, 6.45) is 5.48. The molecule has 0 radical (unpaired) electrons. The van der Waals surface area contributed by atoms with Crippen molar-refractivity contribution in [1.29, 1.82) is 0 Å². The van der Waals surface area contributed by atoms with Crippen LogP contribution in [0.4, 0.5) is 0 Å². The van der Waals surface area contributed by atoms with Gasteiger partial charge in [-0.25, -0.2) is 0 Å². The normalized spacial score (nSPS) is 13.9. The minimum absolute atomic E-state index is 0.140. The van der Waals surface area contributed by atoms with E-state index in [2.05, 4.69) is 36.3 Å². The fourth-order valence-electron chi connectivity index (χ4n) is 2.89. The molecule has 0 aliphatic carbocycles. The van der Waals surface area contributed by atoms with Crippen LogP contribution in [0.25, 0.3) is 0 Å². The van der Waals surface area contributed by atoms with Crippen molar-refractivity contribution in [3.63, 3.8) is 0 Å². The highest BCUT2D eigenvalue weighted by molar-refractivity contribution is 6.31. The predicted molar refractivity (Wildman–Crippen MR) is 100 cm³/mol. The van der Waals surface area contributed by atoms with E-state index in [0.29, 0.717) is 5.92 Å². The maximum Gasteiger partial charge on any atom is 0.0474 e. The van der Waals surface area contributed by atoms with Crippen molar-refractivity contribution in [3.8, 4) is 0 Å². The van der Waals surface area contributed by atoms with Crippen molar-refractivity contribution in [2.75, 3.05) is 13.2 Å². The minimum Gasteiger partial charge on any atom is -0.396 e. The number of aliphatic hydroxyl groups excluding tert-OH is 1. The summed E-state index contributed by atoms with van der Waals surface area (Å²) in [5.41, 5.74) is 2.33. The van der Waals surface area contributed by atoms with Gasteiger partial charge < -0.3 is 10.4 Å². The average molecular weight is 347 g/mol. The first kappa shape index (κ1) is 18.9. The van der Waals surface area contributed by atoms with E-state index in [1.807, 2.05) is 36.7 Å². The molecule has 0 amide bonds. The zero-order valence-corrected chi connectivity index (χ0v) is 15.2. The topological polar surface area (TPSA) is 45.1 Å². The molecule has 0 spiro atoms. The molecule has 0 fully saturated rings. The molecule has 1 heterocycles. The van der Waals surface area contributed by atoms with Gasteiger partial charge in [0.15, 0.2) is 0 Å².